The highest BCUT2D eigenvalue weighted by atomic mass is 35.5. The first-order valence-corrected chi connectivity index (χ1v) is 8.49. The van der Waals surface area contributed by atoms with Gasteiger partial charge in [-0.15, -0.1) is 0 Å². The van der Waals surface area contributed by atoms with Crippen LogP contribution < -0.4 is 10.1 Å². The zero-order chi connectivity index (χ0) is 19.4. The van der Waals surface area contributed by atoms with Gasteiger partial charge < -0.3 is 10.1 Å². The van der Waals surface area contributed by atoms with Gasteiger partial charge in [0.1, 0.15) is 17.4 Å². The number of carbonyl (C=O) groups excluding carboxylic acids is 1. The average Bonchev–Trinajstić information content (AvgIpc) is 2.64. The minimum atomic E-state index is -0.747. The molecule has 1 N–H and O–H groups in total. The largest absolute Gasteiger partial charge is 0.439 e. The highest BCUT2D eigenvalue weighted by Crippen LogP contribution is 2.25. The molecule has 0 aliphatic rings. The molecule has 0 saturated carbocycles. The first kappa shape index (κ1) is 19.1. The minimum Gasteiger partial charge on any atom is -0.439 e. The SMILES string of the molecule is O=C(NCc1cccnc1Oc1cccc(F)c1)c1cc(F)c(Cl)cc1Cl. The van der Waals surface area contributed by atoms with Gasteiger partial charge in [0.2, 0.25) is 5.88 Å². The Morgan fingerprint density at radius 3 is 2.67 bits per heavy atom. The second-order valence-corrected chi connectivity index (χ2v) is 6.27. The summed E-state index contributed by atoms with van der Waals surface area (Å²) >= 11 is 11.6. The molecule has 1 amide bonds. The Hall–Kier alpha value is -2.70. The summed E-state index contributed by atoms with van der Waals surface area (Å²) in [6.45, 7) is 0.0396. The molecule has 2 aromatic carbocycles. The van der Waals surface area contributed by atoms with Crippen molar-refractivity contribution in [2.45, 2.75) is 6.54 Å². The summed E-state index contributed by atoms with van der Waals surface area (Å²) in [6, 6.07) is 11.1. The smallest absolute Gasteiger partial charge is 0.253 e. The van der Waals surface area contributed by atoms with E-state index in [0.717, 1.165) is 12.1 Å². The lowest BCUT2D eigenvalue weighted by atomic mass is 10.2. The first-order valence-electron chi connectivity index (χ1n) is 7.74. The maximum Gasteiger partial charge on any atom is 0.253 e. The van der Waals surface area contributed by atoms with Gasteiger partial charge in [-0.3, -0.25) is 4.79 Å². The molecular formula is C19H12Cl2F2N2O2. The number of carbonyl (C=O) groups is 1. The standard InChI is InChI=1S/C19H12Cl2F2N2O2/c20-15-9-16(21)17(23)8-14(15)18(26)25-10-11-3-2-6-24-19(11)27-13-5-1-4-12(22)7-13/h1-9H,10H2,(H,25,26). The molecule has 1 aromatic heterocycles. The number of nitrogens with one attached hydrogen (secondary N) is 1. The van der Waals surface area contributed by atoms with E-state index >= 15 is 0 Å². The van der Waals surface area contributed by atoms with E-state index in [9.17, 15) is 13.6 Å². The molecule has 4 nitrogen and oxygen atoms in total. The quantitative estimate of drug-likeness (QED) is 0.575. The zero-order valence-electron chi connectivity index (χ0n) is 13.7. The number of halogens is 4. The molecule has 27 heavy (non-hydrogen) atoms. The maximum atomic E-state index is 13.6. The lowest BCUT2D eigenvalue weighted by Crippen LogP contribution is -2.23. The number of benzene rings is 2. The van der Waals surface area contributed by atoms with Gasteiger partial charge in [0.05, 0.1) is 15.6 Å². The number of hydrogen-bond acceptors (Lipinski definition) is 3. The highest BCUT2D eigenvalue weighted by Gasteiger charge is 2.15. The minimum absolute atomic E-state index is 0.0290. The van der Waals surface area contributed by atoms with Crippen LogP contribution in [0.3, 0.4) is 0 Å². The molecule has 1 heterocycles. The van der Waals surface area contributed by atoms with Crippen LogP contribution in [0.1, 0.15) is 15.9 Å². The third-order valence-corrected chi connectivity index (χ3v) is 4.16. The van der Waals surface area contributed by atoms with E-state index in [1.165, 1.54) is 24.4 Å². The van der Waals surface area contributed by atoms with Crippen LogP contribution in [0, 0.1) is 11.6 Å². The summed E-state index contributed by atoms with van der Waals surface area (Å²) in [5.74, 6) is -1.31. The Morgan fingerprint density at radius 2 is 1.89 bits per heavy atom. The summed E-state index contributed by atoms with van der Waals surface area (Å²) in [7, 11) is 0. The van der Waals surface area contributed by atoms with Crippen molar-refractivity contribution in [2.24, 2.45) is 0 Å². The summed E-state index contributed by atoms with van der Waals surface area (Å²) in [5, 5.41) is 2.47. The molecule has 0 fully saturated rings. The molecule has 0 spiro atoms. The first-order chi connectivity index (χ1) is 12.9. The fourth-order valence-corrected chi connectivity index (χ4v) is 2.73. The topological polar surface area (TPSA) is 51.2 Å². The van der Waals surface area contributed by atoms with Crippen molar-refractivity contribution in [3.8, 4) is 11.6 Å². The van der Waals surface area contributed by atoms with Crippen LogP contribution in [-0.4, -0.2) is 10.9 Å². The third-order valence-electron chi connectivity index (χ3n) is 3.55. The molecule has 8 heteroatoms. The fourth-order valence-electron chi connectivity index (χ4n) is 2.26. The molecule has 138 valence electrons. The van der Waals surface area contributed by atoms with Gasteiger partial charge >= 0.3 is 0 Å². The number of nitrogens with zero attached hydrogens (tertiary/aromatic N) is 1. The lowest BCUT2D eigenvalue weighted by Gasteiger charge is -2.11. The van der Waals surface area contributed by atoms with Crippen molar-refractivity contribution < 1.29 is 18.3 Å². The van der Waals surface area contributed by atoms with Gasteiger partial charge in [-0.2, -0.15) is 0 Å². The van der Waals surface area contributed by atoms with Crippen LogP contribution in [0.15, 0.2) is 54.7 Å². The molecule has 3 rings (SSSR count). The van der Waals surface area contributed by atoms with Gasteiger partial charge in [0, 0.05) is 24.4 Å². The molecule has 0 atom stereocenters. The molecule has 0 radical (unpaired) electrons. The Balaban J connectivity index is 1.75. The zero-order valence-corrected chi connectivity index (χ0v) is 15.2. The second kappa shape index (κ2) is 8.33. The Bertz CT molecular complexity index is 999. The van der Waals surface area contributed by atoms with Crippen molar-refractivity contribution >= 4 is 29.1 Å². The van der Waals surface area contributed by atoms with Gasteiger partial charge in [0.15, 0.2) is 0 Å². The predicted molar refractivity (Wildman–Crippen MR) is 98.3 cm³/mol. The van der Waals surface area contributed by atoms with E-state index < -0.39 is 17.5 Å². The van der Waals surface area contributed by atoms with Crippen LogP contribution in [-0.2, 0) is 6.54 Å². The normalized spacial score (nSPS) is 10.5. The molecule has 0 bridgehead atoms. The van der Waals surface area contributed by atoms with E-state index in [0.29, 0.717) is 5.56 Å². The Kier molecular flexibility index (Phi) is 5.88. The van der Waals surface area contributed by atoms with E-state index in [1.54, 1.807) is 18.2 Å². The summed E-state index contributed by atoms with van der Waals surface area (Å²) < 4.78 is 32.5. The van der Waals surface area contributed by atoms with Gasteiger partial charge in [-0.05, 0) is 30.3 Å². The average molecular weight is 409 g/mol. The van der Waals surface area contributed by atoms with E-state index in [1.807, 2.05) is 0 Å². The molecule has 0 aliphatic heterocycles. The van der Waals surface area contributed by atoms with Crippen molar-refractivity contribution in [1.82, 2.24) is 10.3 Å². The number of aromatic nitrogens is 1. The van der Waals surface area contributed by atoms with Crippen LogP contribution in [0.4, 0.5) is 8.78 Å². The van der Waals surface area contributed by atoms with Crippen molar-refractivity contribution in [3.05, 3.63) is 87.5 Å². The molecule has 0 unspecified atom stereocenters. The van der Waals surface area contributed by atoms with E-state index in [4.69, 9.17) is 27.9 Å². The van der Waals surface area contributed by atoms with Gasteiger partial charge in [-0.25, -0.2) is 13.8 Å². The number of rotatable bonds is 5. The number of hydrogen-bond donors (Lipinski definition) is 1. The van der Waals surface area contributed by atoms with E-state index in [2.05, 4.69) is 10.3 Å². The van der Waals surface area contributed by atoms with Gasteiger partial charge in [0.25, 0.3) is 5.91 Å². The number of pyridine rings is 1. The molecular weight excluding hydrogens is 397 g/mol. The summed E-state index contributed by atoms with van der Waals surface area (Å²) in [4.78, 5) is 16.4. The lowest BCUT2D eigenvalue weighted by molar-refractivity contribution is 0.0950. The van der Waals surface area contributed by atoms with Crippen molar-refractivity contribution in [3.63, 3.8) is 0 Å². The molecule has 0 saturated heterocycles. The Morgan fingerprint density at radius 1 is 1.07 bits per heavy atom. The maximum absolute atomic E-state index is 13.6. The molecule has 0 aliphatic carbocycles. The fraction of sp³-hybridized carbons (Fsp3) is 0.0526. The van der Waals surface area contributed by atoms with Crippen molar-refractivity contribution in [2.75, 3.05) is 0 Å². The van der Waals surface area contributed by atoms with Crippen molar-refractivity contribution in [1.29, 1.82) is 0 Å². The summed E-state index contributed by atoms with van der Waals surface area (Å²) in [5.41, 5.74) is 0.496. The predicted octanol–water partition coefficient (Wildman–Crippen LogP) is 5.39. The number of amides is 1. The van der Waals surface area contributed by atoms with Gasteiger partial charge in [-0.1, -0.05) is 35.3 Å². The number of ether oxygens (including phenoxy) is 1. The summed E-state index contributed by atoms with van der Waals surface area (Å²) in [6.07, 6.45) is 1.51. The van der Waals surface area contributed by atoms with Crippen LogP contribution >= 0.6 is 23.2 Å². The van der Waals surface area contributed by atoms with Crippen LogP contribution in [0.2, 0.25) is 10.0 Å². The second-order valence-electron chi connectivity index (χ2n) is 5.46. The highest BCUT2D eigenvalue weighted by molar-refractivity contribution is 6.36. The van der Waals surface area contributed by atoms with Crippen LogP contribution in [0.25, 0.3) is 0 Å². The monoisotopic (exact) mass is 408 g/mol. The Labute approximate surface area is 163 Å². The van der Waals surface area contributed by atoms with Crippen LogP contribution in [0.5, 0.6) is 11.6 Å². The van der Waals surface area contributed by atoms with E-state index in [-0.39, 0.29) is 33.8 Å². The third kappa shape index (κ3) is 4.72. The molecule has 3 aromatic rings.